The monoisotopic (exact) mass is 886 g/mol. The van der Waals surface area contributed by atoms with Crippen molar-refractivity contribution in [3.05, 3.63) is 147 Å². The zero-order valence-corrected chi connectivity index (χ0v) is 36.4. The molecular weight excluding hydrogens is 843 g/mol. The molecule has 0 aliphatic rings. The molecule has 6 aromatic heterocycles. The van der Waals surface area contributed by atoms with E-state index in [1.807, 2.05) is 42.5 Å². The third-order valence-corrected chi connectivity index (χ3v) is 9.77. The van der Waals surface area contributed by atoms with Crippen LogP contribution in [0.4, 0.5) is 11.6 Å². The summed E-state index contributed by atoms with van der Waals surface area (Å²) < 4.78 is 23.5. The second-order valence-corrected chi connectivity index (χ2v) is 14.1. The predicted octanol–water partition coefficient (Wildman–Crippen LogP) is 4.39. The van der Waals surface area contributed by atoms with Crippen LogP contribution in [-0.4, -0.2) is 84.6 Å². The lowest BCUT2D eigenvalue weighted by molar-refractivity contribution is 0.355. The summed E-state index contributed by atoms with van der Waals surface area (Å²) in [6, 6.07) is 21.2. The number of fused-ring (bicyclic) bond motifs is 2. The van der Waals surface area contributed by atoms with Gasteiger partial charge in [-0.2, -0.15) is 0 Å². The van der Waals surface area contributed by atoms with Gasteiger partial charge in [-0.15, -0.1) is 0 Å². The van der Waals surface area contributed by atoms with E-state index in [2.05, 4.69) is 35.6 Å². The third-order valence-electron chi connectivity index (χ3n) is 9.58. The largest absolute Gasteiger partial charge is 0.493 e. The number of nitrogens with zero attached hydrogens (tertiary/aromatic N) is 8. The smallest absolute Gasteiger partial charge is 0.488 e. The molecule has 20 heteroatoms. The molecule has 8 rings (SSSR count). The highest BCUT2D eigenvalue weighted by molar-refractivity contribution is 6.58. The maximum Gasteiger partial charge on any atom is 0.488 e. The number of benzene rings is 2. The number of hydrogen-bond donors (Lipinski definition) is 4. The Kier molecular flexibility index (Phi) is 15.4. The Morgan fingerprint density at radius 2 is 1.08 bits per heavy atom. The van der Waals surface area contributed by atoms with Crippen LogP contribution in [0.25, 0.3) is 33.1 Å². The van der Waals surface area contributed by atoms with Crippen LogP contribution < -0.4 is 46.2 Å². The number of anilines is 2. The van der Waals surface area contributed by atoms with E-state index in [9.17, 15) is 9.59 Å². The predicted molar refractivity (Wildman–Crippen MR) is 246 cm³/mol. The van der Waals surface area contributed by atoms with Crippen LogP contribution in [0.15, 0.2) is 120 Å². The number of aryl methyl sites for hydroxylation is 2. The fraction of sp³-hybridized carbons (Fsp3) is 0.182. The normalized spacial score (nSPS) is 10.5. The zero-order valence-electron chi connectivity index (χ0n) is 35.7. The lowest BCUT2D eigenvalue weighted by atomic mass is 9.80. The van der Waals surface area contributed by atoms with E-state index in [-0.39, 0.29) is 11.1 Å². The highest BCUT2D eigenvalue weighted by Gasteiger charge is 2.16. The maximum atomic E-state index is 12.8. The first-order valence-corrected chi connectivity index (χ1v) is 19.8. The number of nitrogens with one attached hydrogen (secondary N) is 2. The molecule has 0 radical (unpaired) electrons. The molecule has 8 aromatic rings. The van der Waals surface area contributed by atoms with Gasteiger partial charge in [0.25, 0.3) is 11.1 Å². The average molecular weight is 887 g/mol. The molecule has 0 saturated heterocycles. The lowest BCUT2D eigenvalue weighted by Crippen LogP contribution is -2.29. The summed E-state index contributed by atoms with van der Waals surface area (Å²) in [5.41, 5.74) is 4.68. The van der Waals surface area contributed by atoms with E-state index >= 15 is 0 Å². The standard InChI is InChI=1S/C22H21N5O3.C14H12ClN5O.C8H11BO4/c1-27-13-25-17-11-16(15-4-5-18(29-2)19(10-15)30-3)26-21(20(17)22(27)28)24-12-14-6-8-23-9-7-14;1-20-8-18-10-6-11(15)19-13(12(10)14(20)21)17-7-9-2-4-16-5-3-9;1-12-7-4-3-6(9(10)11)5-8(7)13-2/h4-11,13H,12H2,1-3H3,(H,24,26);2-6,8H,7H2,1H3,(H,17,19);3-5,10-11H,1-2H3. The molecule has 0 saturated carbocycles. The Hall–Kier alpha value is -7.61. The van der Waals surface area contributed by atoms with E-state index < -0.39 is 7.12 Å². The lowest BCUT2D eigenvalue weighted by Gasteiger charge is -2.13. The Bertz CT molecular complexity index is 2980. The summed E-state index contributed by atoms with van der Waals surface area (Å²) in [4.78, 5) is 50.6. The van der Waals surface area contributed by atoms with Gasteiger partial charge < -0.3 is 48.8 Å². The summed E-state index contributed by atoms with van der Waals surface area (Å²) in [7, 11) is 8.02. The van der Waals surface area contributed by atoms with Gasteiger partial charge in [0.2, 0.25) is 0 Å². The maximum absolute atomic E-state index is 12.8. The summed E-state index contributed by atoms with van der Waals surface area (Å²) in [6.45, 7) is 1.01. The second kappa shape index (κ2) is 21.5. The van der Waals surface area contributed by atoms with E-state index in [1.54, 1.807) is 77.4 Å². The Morgan fingerprint density at radius 1 is 0.609 bits per heavy atom. The van der Waals surface area contributed by atoms with Gasteiger partial charge in [-0.25, -0.2) is 19.9 Å². The minimum absolute atomic E-state index is 0.163. The highest BCUT2D eigenvalue weighted by atomic mass is 35.5. The minimum atomic E-state index is -1.49. The fourth-order valence-corrected chi connectivity index (χ4v) is 6.39. The van der Waals surface area contributed by atoms with E-state index in [4.69, 9.17) is 45.6 Å². The average Bonchev–Trinajstić information content (AvgIpc) is 3.32. The van der Waals surface area contributed by atoms with Crippen molar-refractivity contribution in [3.63, 3.8) is 0 Å². The molecule has 0 aliphatic heterocycles. The molecule has 328 valence electrons. The molecular formula is C44H44BClN10O8. The molecule has 0 amide bonds. The van der Waals surface area contributed by atoms with Crippen LogP contribution in [0, 0.1) is 0 Å². The number of methoxy groups -OCH3 is 4. The van der Waals surface area contributed by atoms with Crippen molar-refractivity contribution in [1.82, 2.24) is 39.0 Å². The van der Waals surface area contributed by atoms with E-state index in [1.165, 1.54) is 42.1 Å². The molecule has 0 spiro atoms. The Morgan fingerprint density at radius 3 is 1.58 bits per heavy atom. The van der Waals surface area contributed by atoms with Crippen molar-refractivity contribution < 1.29 is 29.0 Å². The number of halogens is 1. The van der Waals surface area contributed by atoms with Gasteiger partial charge in [0.1, 0.15) is 27.6 Å². The summed E-state index contributed by atoms with van der Waals surface area (Å²) in [5.74, 6) is 3.18. The van der Waals surface area contributed by atoms with Crippen molar-refractivity contribution in [1.29, 1.82) is 0 Å². The van der Waals surface area contributed by atoms with Crippen molar-refractivity contribution in [2.24, 2.45) is 14.1 Å². The third kappa shape index (κ3) is 11.1. The van der Waals surface area contributed by atoms with Gasteiger partial charge in [-0.1, -0.05) is 17.7 Å². The van der Waals surface area contributed by atoms with Crippen LogP contribution in [0.2, 0.25) is 5.15 Å². The zero-order chi connectivity index (χ0) is 45.8. The van der Waals surface area contributed by atoms with Crippen molar-refractivity contribution >= 4 is 57.6 Å². The molecule has 18 nitrogen and oxygen atoms in total. The number of hydrogen-bond acceptors (Lipinski definition) is 16. The molecule has 0 unspecified atom stereocenters. The van der Waals surface area contributed by atoms with Crippen molar-refractivity contribution in [2.75, 3.05) is 39.1 Å². The molecule has 0 bridgehead atoms. The van der Waals surface area contributed by atoms with E-state index in [0.717, 1.165) is 16.7 Å². The van der Waals surface area contributed by atoms with Crippen LogP contribution in [-0.2, 0) is 27.2 Å². The number of pyridine rings is 4. The van der Waals surface area contributed by atoms with Crippen molar-refractivity contribution in [2.45, 2.75) is 13.1 Å². The molecule has 64 heavy (non-hydrogen) atoms. The van der Waals surface area contributed by atoms with Crippen LogP contribution in [0.3, 0.4) is 0 Å². The first-order valence-electron chi connectivity index (χ1n) is 19.4. The Labute approximate surface area is 372 Å². The molecule has 0 aliphatic carbocycles. The van der Waals surface area contributed by atoms with Crippen LogP contribution in [0.1, 0.15) is 11.1 Å². The second-order valence-electron chi connectivity index (χ2n) is 13.7. The van der Waals surface area contributed by atoms with Gasteiger partial charge in [0.15, 0.2) is 23.0 Å². The van der Waals surface area contributed by atoms with Crippen LogP contribution >= 0.6 is 11.6 Å². The first-order chi connectivity index (χ1) is 30.9. The summed E-state index contributed by atoms with van der Waals surface area (Å²) in [5, 5.41) is 25.3. The number of aromatic nitrogens is 8. The minimum Gasteiger partial charge on any atom is -0.493 e. The number of ether oxygens (including phenoxy) is 4. The molecule has 2 aromatic carbocycles. The SMILES string of the molecule is COc1ccc(-c2cc3ncn(C)c(=O)c3c(NCc3ccncc3)n2)cc1OC.COc1ccc(B(O)O)cc1OC.Cn1cnc2cc(Cl)nc(NCc3ccncc3)c2c1=O. The Balaban J connectivity index is 0.000000174. The van der Waals surface area contributed by atoms with Crippen molar-refractivity contribution in [3.8, 4) is 34.3 Å². The summed E-state index contributed by atoms with van der Waals surface area (Å²) >= 11 is 5.99. The van der Waals surface area contributed by atoms with Crippen LogP contribution in [0.5, 0.6) is 23.0 Å². The molecule has 6 heterocycles. The van der Waals surface area contributed by atoms with Gasteiger partial charge in [-0.3, -0.25) is 19.6 Å². The first kappa shape index (κ1) is 45.9. The fourth-order valence-electron chi connectivity index (χ4n) is 6.20. The molecule has 4 N–H and O–H groups in total. The highest BCUT2D eigenvalue weighted by Crippen LogP contribution is 2.33. The van der Waals surface area contributed by atoms with Gasteiger partial charge in [-0.05, 0) is 77.3 Å². The number of rotatable bonds is 12. The van der Waals surface area contributed by atoms with Gasteiger partial charge in [0.05, 0.1) is 57.8 Å². The molecule has 0 atom stereocenters. The molecule has 0 fully saturated rings. The topological polar surface area (TPSA) is 223 Å². The van der Waals surface area contributed by atoms with Gasteiger partial charge >= 0.3 is 7.12 Å². The summed E-state index contributed by atoms with van der Waals surface area (Å²) in [6.07, 6.45) is 9.85. The van der Waals surface area contributed by atoms with E-state index in [0.29, 0.717) is 85.8 Å². The van der Waals surface area contributed by atoms with Gasteiger partial charge in [0, 0.05) is 63.6 Å². The quantitative estimate of drug-likeness (QED) is 0.0987.